The molecule has 2 heterocycles. The molecule has 0 amide bonds. The number of hydrogen-bond acceptors (Lipinski definition) is 4. The lowest BCUT2D eigenvalue weighted by Gasteiger charge is -2.14. The molecule has 0 spiro atoms. The lowest BCUT2D eigenvalue weighted by Crippen LogP contribution is -2.22. The van der Waals surface area contributed by atoms with Gasteiger partial charge in [-0.15, -0.1) is 23.1 Å². The molecule has 1 aromatic carbocycles. The summed E-state index contributed by atoms with van der Waals surface area (Å²) in [7, 11) is 0. The van der Waals surface area contributed by atoms with Gasteiger partial charge in [-0.25, -0.2) is 0 Å². The first-order chi connectivity index (χ1) is 9.86. The maximum atomic E-state index is 5.98. The van der Waals surface area contributed by atoms with Gasteiger partial charge in [0.2, 0.25) is 0 Å². The van der Waals surface area contributed by atoms with Crippen molar-refractivity contribution in [3.63, 3.8) is 0 Å². The van der Waals surface area contributed by atoms with Gasteiger partial charge in [0.05, 0.1) is 10.3 Å². The van der Waals surface area contributed by atoms with Crippen molar-refractivity contribution in [2.45, 2.75) is 17.2 Å². The quantitative estimate of drug-likeness (QED) is 0.653. The van der Waals surface area contributed by atoms with Crippen molar-refractivity contribution < 1.29 is 4.42 Å². The van der Waals surface area contributed by atoms with Crippen LogP contribution in [-0.4, -0.2) is 12.3 Å². The molecule has 1 N–H and O–H groups in total. The maximum absolute atomic E-state index is 5.98. The molecule has 20 heavy (non-hydrogen) atoms. The van der Waals surface area contributed by atoms with E-state index in [9.17, 15) is 0 Å². The topological polar surface area (TPSA) is 25.2 Å². The van der Waals surface area contributed by atoms with E-state index in [1.807, 2.05) is 30.0 Å². The minimum absolute atomic E-state index is 0.250. The molecular formula is C16H17NOS2. The zero-order valence-corrected chi connectivity index (χ0v) is 13.0. The zero-order valence-electron chi connectivity index (χ0n) is 11.3. The highest BCUT2D eigenvalue weighted by atomic mass is 32.2. The Morgan fingerprint density at radius 2 is 2.15 bits per heavy atom. The molecule has 3 aromatic rings. The van der Waals surface area contributed by atoms with Crippen molar-refractivity contribution in [2.24, 2.45) is 0 Å². The van der Waals surface area contributed by atoms with E-state index in [0.29, 0.717) is 0 Å². The Balaban J connectivity index is 1.78. The van der Waals surface area contributed by atoms with E-state index in [1.54, 1.807) is 11.3 Å². The molecule has 3 rings (SSSR count). The van der Waals surface area contributed by atoms with E-state index in [-0.39, 0.29) is 6.04 Å². The van der Waals surface area contributed by atoms with Crippen LogP contribution in [-0.2, 0) is 0 Å². The van der Waals surface area contributed by atoms with Crippen LogP contribution in [0.25, 0.3) is 11.0 Å². The first kappa shape index (κ1) is 13.7. The molecule has 104 valence electrons. The second-order valence-corrected chi connectivity index (χ2v) is 6.81. The number of hydrogen-bond donors (Lipinski definition) is 1. The molecule has 0 bridgehead atoms. The summed E-state index contributed by atoms with van der Waals surface area (Å²) in [6.45, 7) is 3.07. The fourth-order valence-corrected chi connectivity index (χ4v) is 4.05. The second-order valence-electron chi connectivity index (χ2n) is 4.54. The van der Waals surface area contributed by atoms with Crippen molar-refractivity contribution in [3.05, 3.63) is 53.6 Å². The fraction of sp³-hybridized carbons (Fsp3) is 0.250. The molecule has 0 aliphatic heterocycles. The number of fused-ring (bicyclic) bond motifs is 1. The standard InChI is InChI=1S/C16H17NOS2/c1-2-17-13(11-20-16-8-5-9-19-16)15-10-12-6-3-4-7-14(12)18-15/h3-10,13,17H,2,11H2,1H3. The van der Waals surface area contributed by atoms with Crippen LogP contribution in [0.4, 0.5) is 0 Å². The van der Waals surface area contributed by atoms with Crippen LogP contribution in [0.2, 0.25) is 0 Å². The summed E-state index contributed by atoms with van der Waals surface area (Å²) in [6, 6.07) is 14.8. The third-order valence-electron chi connectivity index (χ3n) is 3.13. The molecule has 1 atom stereocenters. The first-order valence-electron chi connectivity index (χ1n) is 6.75. The fourth-order valence-electron chi connectivity index (χ4n) is 2.17. The third kappa shape index (κ3) is 3.08. The largest absolute Gasteiger partial charge is 0.459 e. The van der Waals surface area contributed by atoms with Crippen molar-refractivity contribution in [1.82, 2.24) is 5.32 Å². The van der Waals surface area contributed by atoms with Gasteiger partial charge in [-0.3, -0.25) is 0 Å². The van der Waals surface area contributed by atoms with Gasteiger partial charge in [0, 0.05) is 11.1 Å². The number of rotatable bonds is 6. The van der Waals surface area contributed by atoms with Crippen LogP contribution in [0, 0.1) is 0 Å². The van der Waals surface area contributed by atoms with Crippen LogP contribution in [0.5, 0.6) is 0 Å². The van der Waals surface area contributed by atoms with Crippen LogP contribution < -0.4 is 5.32 Å². The molecule has 0 aliphatic rings. The lowest BCUT2D eigenvalue weighted by atomic mass is 10.2. The zero-order chi connectivity index (χ0) is 13.8. The Bertz CT molecular complexity index is 627. The smallest absolute Gasteiger partial charge is 0.134 e. The van der Waals surface area contributed by atoms with Crippen molar-refractivity contribution in [2.75, 3.05) is 12.3 Å². The van der Waals surface area contributed by atoms with Crippen LogP contribution in [0.1, 0.15) is 18.7 Å². The average molecular weight is 303 g/mol. The van der Waals surface area contributed by atoms with Crippen LogP contribution >= 0.6 is 23.1 Å². The van der Waals surface area contributed by atoms with Gasteiger partial charge in [-0.05, 0) is 30.1 Å². The summed E-state index contributed by atoms with van der Waals surface area (Å²) in [4.78, 5) is 0. The number of thiophene rings is 1. The van der Waals surface area contributed by atoms with E-state index in [0.717, 1.165) is 23.6 Å². The number of thioether (sulfide) groups is 1. The minimum Gasteiger partial charge on any atom is -0.459 e. The summed E-state index contributed by atoms with van der Waals surface area (Å²) in [5.74, 6) is 2.01. The maximum Gasteiger partial charge on any atom is 0.134 e. The molecule has 4 heteroatoms. The van der Waals surface area contributed by atoms with E-state index < -0.39 is 0 Å². The number of para-hydroxylation sites is 1. The van der Waals surface area contributed by atoms with Crippen LogP contribution in [0.15, 0.2) is 56.5 Å². The molecule has 0 saturated carbocycles. The molecule has 1 unspecified atom stereocenters. The van der Waals surface area contributed by atoms with Crippen molar-refractivity contribution >= 4 is 34.1 Å². The van der Waals surface area contributed by atoms with E-state index in [4.69, 9.17) is 4.42 Å². The highest BCUT2D eigenvalue weighted by molar-refractivity contribution is 8.01. The predicted molar refractivity (Wildman–Crippen MR) is 87.7 cm³/mol. The Morgan fingerprint density at radius 3 is 2.90 bits per heavy atom. The van der Waals surface area contributed by atoms with Crippen molar-refractivity contribution in [1.29, 1.82) is 0 Å². The Hall–Kier alpha value is -1.23. The molecule has 2 nitrogen and oxygen atoms in total. The van der Waals surface area contributed by atoms with Gasteiger partial charge in [0.1, 0.15) is 11.3 Å². The van der Waals surface area contributed by atoms with E-state index in [1.165, 1.54) is 9.60 Å². The summed E-state index contributed by atoms with van der Waals surface area (Å²) >= 11 is 3.66. The SMILES string of the molecule is CCNC(CSc1cccs1)c1cc2ccccc2o1. The number of nitrogens with one attached hydrogen (secondary N) is 1. The average Bonchev–Trinajstić information content (AvgIpc) is 3.12. The first-order valence-corrected chi connectivity index (χ1v) is 8.61. The summed E-state index contributed by atoms with van der Waals surface area (Å²) in [5.41, 5.74) is 0.964. The molecule has 0 saturated heterocycles. The summed E-state index contributed by atoms with van der Waals surface area (Å²) in [5, 5.41) is 6.80. The summed E-state index contributed by atoms with van der Waals surface area (Å²) in [6.07, 6.45) is 0. The summed E-state index contributed by atoms with van der Waals surface area (Å²) < 4.78 is 7.33. The highest BCUT2D eigenvalue weighted by Crippen LogP contribution is 2.30. The van der Waals surface area contributed by atoms with Crippen LogP contribution in [0.3, 0.4) is 0 Å². The van der Waals surface area contributed by atoms with Gasteiger partial charge >= 0.3 is 0 Å². The number of furan rings is 1. The van der Waals surface area contributed by atoms with Gasteiger partial charge in [0.15, 0.2) is 0 Å². The second kappa shape index (κ2) is 6.48. The number of benzene rings is 1. The molecule has 2 aromatic heterocycles. The van der Waals surface area contributed by atoms with Gasteiger partial charge < -0.3 is 9.73 Å². The Morgan fingerprint density at radius 1 is 1.25 bits per heavy atom. The predicted octanol–water partition coefficient (Wildman–Crippen LogP) is 4.94. The molecule has 0 fully saturated rings. The third-order valence-corrected chi connectivity index (χ3v) is 5.35. The minimum atomic E-state index is 0.250. The van der Waals surface area contributed by atoms with Gasteiger partial charge in [0.25, 0.3) is 0 Å². The van der Waals surface area contributed by atoms with Gasteiger partial charge in [-0.1, -0.05) is 31.2 Å². The van der Waals surface area contributed by atoms with E-state index >= 15 is 0 Å². The molecule has 0 radical (unpaired) electrons. The normalized spacial score (nSPS) is 12.8. The molecule has 0 aliphatic carbocycles. The lowest BCUT2D eigenvalue weighted by molar-refractivity contribution is 0.464. The van der Waals surface area contributed by atoms with E-state index in [2.05, 4.69) is 41.9 Å². The Kier molecular flexibility index (Phi) is 4.45. The Labute approximate surface area is 127 Å². The van der Waals surface area contributed by atoms with Gasteiger partial charge in [-0.2, -0.15) is 0 Å². The highest BCUT2D eigenvalue weighted by Gasteiger charge is 2.16. The monoisotopic (exact) mass is 303 g/mol. The molecular weight excluding hydrogens is 286 g/mol. The van der Waals surface area contributed by atoms with Crippen molar-refractivity contribution in [3.8, 4) is 0 Å².